The van der Waals surface area contributed by atoms with Crippen molar-refractivity contribution < 1.29 is 13.3 Å². The summed E-state index contributed by atoms with van der Waals surface area (Å²) in [4.78, 5) is 18.9. The van der Waals surface area contributed by atoms with Crippen LogP contribution in [0, 0.1) is 21.4 Å². The number of nitro groups is 1. The fourth-order valence-electron chi connectivity index (χ4n) is 2.78. The highest BCUT2D eigenvalue weighted by molar-refractivity contribution is 7.93. The molecule has 0 spiro atoms. The number of aromatic nitrogens is 2. The zero-order chi connectivity index (χ0) is 24.1. The molecule has 0 aliphatic heterocycles. The molecule has 0 fully saturated rings. The Morgan fingerprint density at radius 3 is 2.65 bits per heavy atom. The van der Waals surface area contributed by atoms with Gasteiger partial charge in [0, 0.05) is 46.5 Å². The van der Waals surface area contributed by atoms with Crippen LogP contribution in [0.2, 0.25) is 0 Å². The van der Waals surface area contributed by atoms with Crippen molar-refractivity contribution in [3.63, 3.8) is 0 Å². The second kappa shape index (κ2) is 9.79. The first-order valence-corrected chi connectivity index (χ1v) is 12.7. The van der Waals surface area contributed by atoms with Crippen LogP contribution in [0.15, 0.2) is 76.6 Å². The van der Waals surface area contributed by atoms with Crippen LogP contribution in [0.4, 0.5) is 16.5 Å². The Labute approximate surface area is 202 Å². The number of thiazole rings is 2. The number of nitriles is 1. The topological polar surface area (TPSA) is 151 Å². The Morgan fingerprint density at radius 1 is 1.18 bits per heavy atom. The maximum atomic E-state index is 12.4. The van der Waals surface area contributed by atoms with Crippen LogP contribution < -0.4 is 10.0 Å². The number of hydrogen-bond acceptors (Lipinski definition) is 10. The van der Waals surface area contributed by atoms with Crippen molar-refractivity contribution in [2.24, 2.45) is 0 Å². The smallest absolute Gasteiger partial charge is 0.270 e. The number of hydrogen-bond donors (Lipinski definition) is 2. The highest BCUT2D eigenvalue weighted by Gasteiger charge is 2.15. The van der Waals surface area contributed by atoms with E-state index in [1.807, 2.05) is 0 Å². The fourth-order valence-corrected chi connectivity index (χ4v) is 5.37. The lowest BCUT2D eigenvalue weighted by Crippen LogP contribution is -2.12. The lowest BCUT2D eigenvalue weighted by molar-refractivity contribution is -0.384. The van der Waals surface area contributed by atoms with Gasteiger partial charge >= 0.3 is 0 Å². The van der Waals surface area contributed by atoms with E-state index in [0.717, 1.165) is 0 Å². The third-order valence-corrected chi connectivity index (χ3v) is 7.46. The number of allylic oxidation sites excluding steroid dienone is 1. The molecule has 0 saturated heterocycles. The van der Waals surface area contributed by atoms with Crippen LogP contribution in [-0.4, -0.2) is 23.3 Å². The fraction of sp³-hybridized carbons (Fsp3) is 0. The molecule has 4 rings (SSSR count). The van der Waals surface area contributed by atoms with Crippen molar-refractivity contribution >= 4 is 54.8 Å². The molecule has 34 heavy (non-hydrogen) atoms. The Hall–Kier alpha value is -4.12. The minimum atomic E-state index is -3.76. The van der Waals surface area contributed by atoms with Crippen LogP contribution in [0.25, 0.3) is 16.8 Å². The minimum Gasteiger partial charge on any atom is -0.360 e. The van der Waals surface area contributed by atoms with E-state index in [4.69, 9.17) is 0 Å². The first kappa shape index (κ1) is 23.1. The summed E-state index contributed by atoms with van der Waals surface area (Å²) in [5, 5.41) is 27.6. The minimum absolute atomic E-state index is 0.0444. The van der Waals surface area contributed by atoms with Gasteiger partial charge < -0.3 is 5.32 Å². The summed E-state index contributed by atoms with van der Waals surface area (Å²) in [6, 6.07) is 14.2. The molecule has 0 bridgehead atoms. The van der Waals surface area contributed by atoms with Gasteiger partial charge in [0.25, 0.3) is 15.7 Å². The van der Waals surface area contributed by atoms with E-state index in [2.05, 4.69) is 26.1 Å². The van der Waals surface area contributed by atoms with Gasteiger partial charge in [-0.05, 0) is 24.3 Å². The number of rotatable bonds is 8. The van der Waals surface area contributed by atoms with Crippen molar-refractivity contribution in [2.45, 2.75) is 4.90 Å². The zero-order valence-electron chi connectivity index (χ0n) is 17.1. The summed E-state index contributed by atoms with van der Waals surface area (Å²) < 4.78 is 27.2. The van der Waals surface area contributed by atoms with Crippen molar-refractivity contribution in [1.82, 2.24) is 9.97 Å². The highest BCUT2D eigenvalue weighted by atomic mass is 32.2. The number of non-ortho nitro benzene ring substituents is 1. The second-order valence-electron chi connectivity index (χ2n) is 6.63. The van der Waals surface area contributed by atoms with Gasteiger partial charge in [-0.15, -0.1) is 22.7 Å². The standard InChI is InChI=1S/C21H14N6O4S3/c22-11-15(20-25-19(13-33-20)14-2-1-3-17(10-14)27(28)29)12-24-16-4-6-18(7-5-16)34(30,31)26-21-23-8-9-32-21/h1-10,12-13,24H,(H,23,26)/b15-12-. The number of nitrogens with zero attached hydrogens (tertiary/aromatic N) is 4. The Balaban J connectivity index is 1.48. The van der Waals surface area contributed by atoms with E-state index >= 15 is 0 Å². The second-order valence-corrected chi connectivity index (χ2v) is 10.1. The summed E-state index contributed by atoms with van der Waals surface area (Å²) in [5.74, 6) is 0. The third-order valence-electron chi connectivity index (χ3n) is 4.41. The first-order chi connectivity index (χ1) is 16.4. The van der Waals surface area contributed by atoms with E-state index in [1.165, 1.54) is 59.3 Å². The maximum absolute atomic E-state index is 12.4. The summed E-state index contributed by atoms with van der Waals surface area (Å²) in [5.41, 5.74) is 1.87. The Morgan fingerprint density at radius 2 is 1.97 bits per heavy atom. The van der Waals surface area contributed by atoms with E-state index in [0.29, 0.717) is 22.0 Å². The predicted octanol–water partition coefficient (Wildman–Crippen LogP) is 4.95. The molecule has 0 atom stereocenters. The van der Waals surface area contributed by atoms with Crippen molar-refractivity contribution in [3.05, 3.63) is 86.8 Å². The van der Waals surface area contributed by atoms with E-state index in [9.17, 15) is 23.8 Å². The van der Waals surface area contributed by atoms with Crippen molar-refractivity contribution in [1.29, 1.82) is 5.26 Å². The molecule has 0 unspecified atom stereocenters. The zero-order valence-corrected chi connectivity index (χ0v) is 19.5. The number of sulfonamides is 1. The van der Waals surface area contributed by atoms with Crippen LogP contribution in [0.3, 0.4) is 0 Å². The van der Waals surface area contributed by atoms with Gasteiger partial charge in [-0.3, -0.25) is 14.8 Å². The molecule has 0 radical (unpaired) electrons. The SMILES string of the molecule is N#C/C(=C/Nc1ccc(S(=O)(=O)Nc2nccs2)cc1)c1nc(-c2cccc([N+](=O)[O-])c2)cs1. The molecule has 170 valence electrons. The molecule has 0 aliphatic carbocycles. The number of nitrogens with one attached hydrogen (secondary N) is 2. The summed E-state index contributed by atoms with van der Waals surface area (Å²) in [6.45, 7) is 0. The largest absolute Gasteiger partial charge is 0.360 e. The number of benzene rings is 2. The first-order valence-electron chi connectivity index (χ1n) is 9.45. The predicted molar refractivity (Wildman–Crippen MR) is 131 cm³/mol. The molecule has 0 amide bonds. The van der Waals surface area contributed by atoms with Crippen molar-refractivity contribution in [2.75, 3.05) is 10.0 Å². The molecule has 0 saturated carbocycles. The Bertz CT molecular complexity index is 1500. The van der Waals surface area contributed by atoms with Crippen LogP contribution >= 0.6 is 22.7 Å². The monoisotopic (exact) mass is 510 g/mol. The summed E-state index contributed by atoms with van der Waals surface area (Å²) in [7, 11) is -3.76. The van der Waals surface area contributed by atoms with Crippen LogP contribution in [-0.2, 0) is 10.0 Å². The molecular formula is C21H14N6O4S3. The third kappa shape index (κ3) is 5.26. The van der Waals surface area contributed by atoms with Gasteiger partial charge in [0.1, 0.15) is 16.6 Å². The molecule has 2 aromatic carbocycles. The quantitative estimate of drug-likeness (QED) is 0.192. The lowest BCUT2D eigenvalue weighted by atomic mass is 10.1. The normalized spacial score (nSPS) is 11.6. The molecule has 2 N–H and O–H groups in total. The maximum Gasteiger partial charge on any atom is 0.270 e. The van der Waals surface area contributed by atoms with Gasteiger partial charge in [0.2, 0.25) is 0 Å². The van der Waals surface area contributed by atoms with Gasteiger partial charge in [-0.1, -0.05) is 12.1 Å². The van der Waals surface area contributed by atoms with Gasteiger partial charge in [0.05, 0.1) is 15.5 Å². The molecular weight excluding hydrogens is 496 g/mol. The summed E-state index contributed by atoms with van der Waals surface area (Å²) in [6.07, 6.45) is 2.97. The van der Waals surface area contributed by atoms with E-state index in [-0.39, 0.29) is 21.3 Å². The molecule has 13 heteroatoms. The highest BCUT2D eigenvalue weighted by Crippen LogP contribution is 2.28. The summed E-state index contributed by atoms with van der Waals surface area (Å²) >= 11 is 2.40. The molecule has 4 aromatic rings. The molecule has 0 aliphatic rings. The number of nitro benzene ring substituents is 1. The average Bonchev–Trinajstić information content (AvgIpc) is 3.52. The Kier molecular flexibility index (Phi) is 6.64. The van der Waals surface area contributed by atoms with Crippen LogP contribution in [0.5, 0.6) is 0 Å². The molecule has 2 aromatic heterocycles. The lowest BCUT2D eigenvalue weighted by Gasteiger charge is -2.06. The van der Waals surface area contributed by atoms with Gasteiger partial charge in [-0.2, -0.15) is 5.26 Å². The van der Waals surface area contributed by atoms with Gasteiger partial charge in [0.15, 0.2) is 5.13 Å². The average molecular weight is 511 g/mol. The van der Waals surface area contributed by atoms with Gasteiger partial charge in [-0.25, -0.2) is 18.4 Å². The van der Waals surface area contributed by atoms with Crippen molar-refractivity contribution in [3.8, 4) is 17.3 Å². The van der Waals surface area contributed by atoms with Crippen LogP contribution in [0.1, 0.15) is 5.01 Å². The van der Waals surface area contributed by atoms with E-state index in [1.54, 1.807) is 35.0 Å². The molecule has 10 nitrogen and oxygen atoms in total. The van der Waals surface area contributed by atoms with E-state index < -0.39 is 14.9 Å². The molecule has 2 heterocycles. The number of anilines is 2.